The van der Waals surface area contributed by atoms with Gasteiger partial charge in [-0.25, -0.2) is 9.97 Å². The molecule has 3 rings (SSSR count). The van der Waals surface area contributed by atoms with Crippen molar-refractivity contribution in [3.05, 3.63) is 30.4 Å². The Bertz CT molecular complexity index is 512. The second-order valence-electron chi connectivity index (χ2n) is 5.31. The number of nitrogens with two attached hydrogens (primary N) is 1. The van der Waals surface area contributed by atoms with Gasteiger partial charge in [0.15, 0.2) is 0 Å². The third-order valence-electron chi connectivity index (χ3n) is 3.86. The number of rotatable bonds is 5. The third kappa shape index (κ3) is 2.11. The molecule has 2 aromatic heterocycles. The lowest BCUT2D eigenvalue weighted by molar-refractivity contribution is 0.315. The van der Waals surface area contributed by atoms with Crippen molar-refractivity contribution in [3.63, 3.8) is 0 Å². The highest BCUT2D eigenvalue weighted by Gasteiger charge is 2.40. The van der Waals surface area contributed by atoms with Gasteiger partial charge >= 0.3 is 0 Å². The number of hydrogen-bond acceptors (Lipinski definition) is 4. The van der Waals surface area contributed by atoms with Crippen LogP contribution < -0.4 is 11.1 Å². The molecule has 2 aromatic rings. The fourth-order valence-electron chi connectivity index (χ4n) is 2.36. The maximum Gasteiger partial charge on any atom is 0.233 e. The number of imidazole rings is 1. The molecule has 0 aromatic carbocycles. The molecule has 0 spiro atoms. The first kappa shape index (κ1) is 11.6. The van der Waals surface area contributed by atoms with E-state index < -0.39 is 0 Å². The number of fused-ring (bicyclic) bond motifs is 1. The van der Waals surface area contributed by atoms with E-state index in [4.69, 9.17) is 5.73 Å². The lowest BCUT2D eigenvalue weighted by atomic mass is 9.96. The first-order chi connectivity index (χ1) is 8.71. The minimum absolute atomic E-state index is 0.0449. The van der Waals surface area contributed by atoms with Gasteiger partial charge in [0.2, 0.25) is 5.78 Å². The van der Waals surface area contributed by atoms with Crippen molar-refractivity contribution in [1.82, 2.24) is 19.7 Å². The number of nitrogens with zero attached hydrogens (tertiary/aromatic N) is 3. The van der Waals surface area contributed by atoms with Gasteiger partial charge in [-0.2, -0.15) is 0 Å². The van der Waals surface area contributed by atoms with Crippen molar-refractivity contribution < 1.29 is 0 Å². The summed E-state index contributed by atoms with van der Waals surface area (Å²) in [4.78, 5) is 8.69. The molecule has 1 aliphatic rings. The summed E-state index contributed by atoms with van der Waals surface area (Å²) >= 11 is 0. The van der Waals surface area contributed by atoms with E-state index >= 15 is 0 Å². The quantitative estimate of drug-likeness (QED) is 0.823. The van der Waals surface area contributed by atoms with E-state index in [0.29, 0.717) is 6.54 Å². The van der Waals surface area contributed by atoms with Crippen LogP contribution in [0, 0.1) is 5.92 Å². The lowest BCUT2D eigenvalue weighted by Crippen LogP contribution is -2.50. The van der Waals surface area contributed by atoms with E-state index in [9.17, 15) is 0 Å². The highest BCUT2D eigenvalue weighted by molar-refractivity contribution is 5.29. The number of aromatic nitrogens is 3. The Morgan fingerprint density at radius 3 is 3.06 bits per heavy atom. The van der Waals surface area contributed by atoms with E-state index in [-0.39, 0.29) is 5.54 Å². The van der Waals surface area contributed by atoms with Crippen molar-refractivity contribution in [2.75, 3.05) is 6.54 Å². The SMILES string of the molecule is CC(CN)(NCc1cn2cccnc2n1)C1CC1. The molecule has 0 aliphatic heterocycles. The summed E-state index contributed by atoms with van der Waals surface area (Å²) in [7, 11) is 0. The Hall–Kier alpha value is -1.46. The fourth-order valence-corrected chi connectivity index (χ4v) is 2.36. The minimum Gasteiger partial charge on any atom is -0.329 e. The van der Waals surface area contributed by atoms with E-state index in [1.165, 1.54) is 12.8 Å². The maximum atomic E-state index is 5.89. The van der Waals surface area contributed by atoms with Crippen LogP contribution in [0.3, 0.4) is 0 Å². The van der Waals surface area contributed by atoms with Crippen molar-refractivity contribution in [2.24, 2.45) is 11.7 Å². The number of nitrogens with one attached hydrogen (secondary N) is 1. The second kappa shape index (κ2) is 4.33. The van der Waals surface area contributed by atoms with Crippen LogP contribution in [-0.4, -0.2) is 26.5 Å². The molecule has 0 saturated heterocycles. The summed E-state index contributed by atoms with van der Waals surface area (Å²) in [6.45, 7) is 3.62. The molecular weight excluding hydrogens is 226 g/mol. The molecule has 1 unspecified atom stereocenters. The molecule has 0 bridgehead atoms. The summed E-state index contributed by atoms with van der Waals surface area (Å²) in [5.41, 5.74) is 6.94. The first-order valence-corrected chi connectivity index (χ1v) is 6.45. The molecule has 1 fully saturated rings. The lowest BCUT2D eigenvalue weighted by Gasteiger charge is -2.29. The highest BCUT2D eigenvalue weighted by Crippen LogP contribution is 2.39. The van der Waals surface area contributed by atoms with Gasteiger partial charge in [0, 0.05) is 37.2 Å². The molecule has 0 amide bonds. The van der Waals surface area contributed by atoms with Crippen molar-refractivity contribution in [3.8, 4) is 0 Å². The van der Waals surface area contributed by atoms with Crippen LogP contribution in [-0.2, 0) is 6.54 Å². The summed E-state index contributed by atoms with van der Waals surface area (Å²) < 4.78 is 1.94. The Labute approximate surface area is 106 Å². The summed E-state index contributed by atoms with van der Waals surface area (Å²) in [5, 5.41) is 3.56. The molecule has 1 aliphatic carbocycles. The summed E-state index contributed by atoms with van der Waals surface area (Å²) in [6.07, 6.45) is 8.30. The monoisotopic (exact) mass is 245 g/mol. The van der Waals surface area contributed by atoms with Crippen LogP contribution >= 0.6 is 0 Å². The maximum absolute atomic E-state index is 5.89. The van der Waals surface area contributed by atoms with Crippen molar-refractivity contribution in [1.29, 1.82) is 0 Å². The molecule has 1 saturated carbocycles. The van der Waals surface area contributed by atoms with Crippen LogP contribution in [0.4, 0.5) is 0 Å². The van der Waals surface area contributed by atoms with E-state index in [0.717, 1.165) is 23.9 Å². The molecule has 5 nitrogen and oxygen atoms in total. The normalized spacial score (nSPS) is 19.0. The summed E-state index contributed by atoms with van der Waals surface area (Å²) in [6, 6.07) is 1.90. The Kier molecular flexibility index (Phi) is 2.80. The van der Waals surface area contributed by atoms with Crippen molar-refractivity contribution >= 4 is 5.78 Å². The molecule has 2 heterocycles. The average Bonchev–Trinajstić information content (AvgIpc) is 3.16. The van der Waals surface area contributed by atoms with Crippen LogP contribution in [0.25, 0.3) is 5.78 Å². The topological polar surface area (TPSA) is 68.2 Å². The van der Waals surface area contributed by atoms with E-state index in [1.54, 1.807) is 6.20 Å². The van der Waals surface area contributed by atoms with Gasteiger partial charge in [0.05, 0.1) is 5.69 Å². The van der Waals surface area contributed by atoms with Gasteiger partial charge in [-0.05, 0) is 31.7 Å². The van der Waals surface area contributed by atoms with Gasteiger partial charge < -0.3 is 11.1 Å². The molecule has 18 heavy (non-hydrogen) atoms. The second-order valence-corrected chi connectivity index (χ2v) is 5.31. The number of hydrogen-bond donors (Lipinski definition) is 2. The van der Waals surface area contributed by atoms with Gasteiger partial charge in [-0.15, -0.1) is 0 Å². The predicted molar refractivity (Wildman–Crippen MR) is 70.0 cm³/mol. The van der Waals surface area contributed by atoms with Crippen LogP contribution in [0.15, 0.2) is 24.7 Å². The molecular formula is C13H19N5. The zero-order chi connectivity index (χ0) is 12.6. The summed E-state index contributed by atoms with van der Waals surface area (Å²) in [5.74, 6) is 1.47. The van der Waals surface area contributed by atoms with Crippen molar-refractivity contribution in [2.45, 2.75) is 31.8 Å². The van der Waals surface area contributed by atoms with Crippen LogP contribution in [0.2, 0.25) is 0 Å². The molecule has 96 valence electrons. The predicted octanol–water partition coefficient (Wildman–Crippen LogP) is 0.946. The molecule has 3 N–H and O–H groups in total. The molecule has 1 atom stereocenters. The van der Waals surface area contributed by atoms with Gasteiger partial charge in [-0.1, -0.05) is 0 Å². The third-order valence-corrected chi connectivity index (χ3v) is 3.86. The standard InChI is InChI=1S/C13H19N5/c1-13(9-14,10-3-4-10)16-7-11-8-18-6-2-5-15-12(18)17-11/h2,5-6,8,10,16H,3-4,7,9,14H2,1H3. The Morgan fingerprint density at radius 1 is 1.56 bits per heavy atom. The Balaban J connectivity index is 1.72. The smallest absolute Gasteiger partial charge is 0.233 e. The van der Waals surface area contributed by atoms with Gasteiger partial charge in [-0.3, -0.25) is 4.40 Å². The first-order valence-electron chi connectivity index (χ1n) is 6.45. The van der Waals surface area contributed by atoms with Crippen LogP contribution in [0.1, 0.15) is 25.5 Å². The van der Waals surface area contributed by atoms with Gasteiger partial charge in [0.1, 0.15) is 0 Å². The largest absolute Gasteiger partial charge is 0.329 e. The minimum atomic E-state index is 0.0449. The Morgan fingerprint density at radius 2 is 2.39 bits per heavy atom. The fraction of sp³-hybridized carbons (Fsp3) is 0.538. The average molecular weight is 245 g/mol. The molecule has 5 heteroatoms. The van der Waals surface area contributed by atoms with E-state index in [1.807, 2.05) is 22.9 Å². The zero-order valence-electron chi connectivity index (χ0n) is 10.6. The highest BCUT2D eigenvalue weighted by atomic mass is 15.1. The van der Waals surface area contributed by atoms with Gasteiger partial charge in [0.25, 0.3) is 0 Å². The van der Waals surface area contributed by atoms with Crippen LogP contribution in [0.5, 0.6) is 0 Å². The molecule has 0 radical (unpaired) electrons. The van der Waals surface area contributed by atoms with E-state index in [2.05, 4.69) is 22.2 Å². The zero-order valence-corrected chi connectivity index (χ0v) is 10.6.